The molecule has 1 aromatic heterocycles. The summed E-state index contributed by atoms with van der Waals surface area (Å²) in [5.41, 5.74) is 9.11. The van der Waals surface area contributed by atoms with E-state index in [2.05, 4.69) is 5.32 Å². The van der Waals surface area contributed by atoms with E-state index in [9.17, 15) is 13.2 Å². The molecule has 0 amide bonds. The number of nitrogen functional groups attached to an aromatic ring is 1. The SMILES string of the molecule is Cc1ccc(S(=O)(=O)c2c(Nc3ccc(C)c(Cl)c3)sc(C(=O)c3ccccc3)c2N)cc1. The Morgan fingerprint density at radius 3 is 2.27 bits per heavy atom. The maximum Gasteiger partial charge on any atom is 0.211 e. The third-order valence-corrected chi connectivity index (χ3v) is 8.68. The number of aryl methyl sites for hydroxylation is 2. The number of anilines is 3. The van der Waals surface area contributed by atoms with E-state index in [-0.39, 0.29) is 31.1 Å². The molecule has 0 bridgehead atoms. The number of hydrogen-bond donors (Lipinski definition) is 2. The van der Waals surface area contributed by atoms with Crippen molar-refractivity contribution in [1.82, 2.24) is 0 Å². The number of carbonyl (C=O) groups is 1. The highest BCUT2D eigenvalue weighted by atomic mass is 35.5. The zero-order valence-corrected chi connectivity index (χ0v) is 20.3. The van der Waals surface area contributed by atoms with Gasteiger partial charge >= 0.3 is 0 Å². The molecule has 168 valence electrons. The number of ketones is 1. The van der Waals surface area contributed by atoms with Crippen molar-refractivity contribution in [2.24, 2.45) is 0 Å². The minimum Gasteiger partial charge on any atom is -0.396 e. The first-order valence-corrected chi connectivity index (χ1v) is 12.7. The third kappa shape index (κ3) is 4.53. The van der Waals surface area contributed by atoms with Crippen molar-refractivity contribution >= 4 is 54.9 Å². The molecule has 0 unspecified atom stereocenters. The number of benzene rings is 3. The van der Waals surface area contributed by atoms with E-state index in [1.807, 2.05) is 19.9 Å². The van der Waals surface area contributed by atoms with Crippen LogP contribution in [0, 0.1) is 13.8 Å². The Morgan fingerprint density at radius 2 is 1.64 bits per heavy atom. The van der Waals surface area contributed by atoms with Crippen LogP contribution in [0.25, 0.3) is 0 Å². The van der Waals surface area contributed by atoms with Gasteiger partial charge in [0.1, 0.15) is 14.8 Å². The molecule has 4 aromatic rings. The molecule has 0 aliphatic heterocycles. The molecular weight excluding hydrogens is 476 g/mol. The van der Waals surface area contributed by atoms with Crippen LogP contribution in [-0.2, 0) is 9.84 Å². The topological polar surface area (TPSA) is 89.3 Å². The first kappa shape index (κ1) is 23.0. The minimum absolute atomic E-state index is 0.0739. The van der Waals surface area contributed by atoms with Gasteiger partial charge in [0.15, 0.2) is 0 Å². The van der Waals surface area contributed by atoms with Gasteiger partial charge in [-0.15, -0.1) is 11.3 Å². The molecule has 5 nitrogen and oxygen atoms in total. The molecule has 3 N–H and O–H groups in total. The lowest BCUT2D eigenvalue weighted by Crippen LogP contribution is -2.08. The Kier molecular flexibility index (Phi) is 6.30. The van der Waals surface area contributed by atoms with Gasteiger partial charge in [-0.05, 0) is 43.7 Å². The maximum atomic E-state index is 13.6. The van der Waals surface area contributed by atoms with Crippen LogP contribution in [0.5, 0.6) is 0 Å². The molecule has 0 aliphatic rings. The number of hydrogen-bond acceptors (Lipinski definition) is 6. The molecule has 0 saturated carbocycles. The predicted octanol–water partition coefficient (Wildman–Crippen LogP) is 6.41. The lowest BCUT2D eigenvalue weighted by atomic mass is 10.1. The number of nitrogens with two attached hydrogens (primary N) is 1. The minimum atomic E-state index is -4.01. The van der Waals surface area contributed by atoms with Crippen LogP contribution >= 0.6 is 22.9 Å². The average molecular weight is 497 g/mol. The van der Waals surface area contributed by atoms with E-state index in [0.29, 0.717) is 16.3 Å². The standard InChI is InChI=1S/C25H21ClN2O3S2/c1-15-8-12-19(13-9-15)33(30,31)24-21(27)23(22(29)17-6-4-3-5-7-17)32-25(24)28-18-11-10-16(2)20(26)14-18/h3-14,28H,27H2,1-2H3. The average Bonchev–Trinajstić information content (AvgIpc) is 3.13. The van der Waals surface area contributed by atoms with E-state index in [1.165, 1.54) is 12.1 Å². The zero-order chi connectivity index (χ0) is 23.8. The Morgan fingerprint density at radius 1 is 0.970 bits per heavy atom. The smallest absolute Gasteiger partial charge is 0.211 e. The van der Waals surface area contributed by atoms with Gasteiger partial charge in [-0.25, -0.2) is 8.42 Å². The van der Waals surface area contributed by atoms with Crippen molar-refractivity contribution < 1.29 is 13.2 Å². The Bertz CT molecular complexity index is 1450. The van der Waals surface area contributed by atoms with Crippen LogP contribution in [0.1, 0.15) is 26.4 Å². The van der Waals surface area contributed by atoms with Gasteiger partial charge in [0.2, 0.25) is 15.6 Å². The van der Waals surface area contributed by atoms with Crippen LogP contribution in [-0.4, -0.2) is 14.2 Å². The summed E-state index contributed by atoms with van der Waals surface area (Å²) in [4.78, 5) is 13.3. The van der Waals surface area contributed by atoms with E-state index < -0.39 is 9.84 Å². The second-order valence-electron chi connectivity index (χ2n) is 7.60. The Hall–Kier alpha value is -3.13. The van der Waals surface area contributed by atoms with Gasteiger partial charge in [0.25, 0.3) is 0 Å². The molecule has 0 saturated heterocycles. The van der Waals surface area contributed by atoms with Crippen LogP contribution in [0.2, 0.25) is 5.02 Å². The molecule has 1 heterocycles. The van der Waals surface area contributed by atoms with Gasteiger partial charge in [-0.2, -0.15) is 0 Å². The van der Waals surface area contributed by atoms with Crippen LogP contribution in [0.3, 0.4) is 0 Å². The summed E-state index contributed by atoms with van der Waals surface area (Å²) < 4.78 is 27.2. The molecule has 8 heteroatoms. The van der Waals surface area contributed by atoms with Crippen molar-refractivity contribution in [2.75, 3.05) is 11.1 Å². The lowest BCUT2D eigenvalue weighted by molar-refractivity contribution is 0.104. The molecule has 0 aliphatic carbocycles. The highest BCUT2D eigenvalue weighted by molar-refractivity contribution is 7.92. The second kappa shape index (κ2) is 9.02. The third-order valence-electron chi connectivity index (χ3n) is 5.17. The van der Waals surface area contributed by atoms with Crippen LogP contribution in [0.4, 0.5) is 16.4 Å². The molecule has 0 radical (unpaired) electrons. The summed E-state index contributed by atoms with van der Waals surface area (Å²) in [5, 5.41) is 3.91. The zero-order valence-electron chi connectivity index (χ0n) is 17.9. The summed E-state index contributed by atoms with van der Waals surface area (Å²) in [6.07, 6.45) is 0. The summed E-state index contributed by atoms with van der Waals surface area (Å²) in [6, 6.07) is 20.5. The summed E-state index contributed by atoms with van der Waals surface area (Å²) in [6.45, 7) is 3.75. The van der Waals surface area contributed by atoms with Crippen molar-refractivity contribution in [1.29, 1.82) is 0 Å². The quantitative estimate of drug-likeness (QED) is 0.301. The highest BCUT2D eigenvalue weighted by Crippen LogP contribution is 2.44. The molecule has 33 heavy (non-hydrogen) atoms. The first-order valence-electron chi connectivity index (χ1n) is 10.1. The fourth-order valence-electron chi connectivity index (χ4n) is 3.30. The monoisotopic (exact) mass is 496 g/mol. The second-order valence-corrected chi connectivity index (χ2v) is 10.9. The van der Waals surface area contributed by atoms with Crippen molar-refractivity contribution in [3.8, 4) is 0 Å². The molecule has 0 spiro atoms. The first-order chi connectivity index (χ1) is 15.7. The van der Waals surface area contributed by atoms with Crippen molar-refractivity contribution in [3.63, 3.8) is 0 Å². The summed E-state index contributed by atoms with van der Waals surface area (Å²) in [7, 11) is -4.01. The van der Waals surface area contributed by atoms with Gasteiger partial charge in [-0.3, -0.25) is 4.79 Å². The van der Waals surface area contributed by atoms with Gasteiger partial charge < -0.3 is 11.1 Å². The molecule has 3 aromatic carbocycles. The van der Waals surface area contributed by atoms with Gasteiger partial charge in [0, 0.05) is 16.3 Å². The highest BCUT2D eigenvalue weighted by Gasteiger charge is 2.31. The molecular formula is C25H21ClN2O3S2. The fourth-order valence-corrected chi connectivity index (χ4v) is 6.42. The number of nitrogens with one attached hydrogen (secondary N) is 1. The predicted molar refractivity (Wildman–Crippen MR) is 135 cm³/mol. The van der Waals surface area contributed by atoms with Crippen LogP contribution in [0.15, 0.2) is 82.6 Å². The van der Waals surface area contributed by atoms with E-state index in [1.54, 1.807) is 54.6 Å². The van der Waals surface area contributed by atoms with Gasteiger partial charge in [0.05, 0.1) is 10.6 Å². The lowest BCUT2D eigenvalue weighted by Gasteiger charge is -2.11. The summed E-state index contributed by atoms with van der Waals surface area (Å²) in [5.74, 6) is -0.339. The molecule has 4 rings (SSSR count). The molecule has 0 fully saturated rings. The van der Waals surface area contributed by atoms with Gasteiger partial charge in [-0.1, -0.05) is 65.7 Å². The summed E-state index contributed by atoms with van der Waals surface area (Å²) >= 11 is 7.26. The van der Waals surface area contributed by atoms with E-state index >= 15 is 0 Å². The fraction of sp³-hybridized carbons (Fsp3) is 0.0800. The number of thiophene rings is 1. The van der Waals surface area contributed by atoms with Crippen LogP contribution < -0.4 is 11.1 Å². The Labute approximate surface area is 201 Å². The largest absolute Gasteiger partial charge is 0.396 e. The number of sulfone groups is 1. The normalized spacial score (nSPS) is 11.4. The van der Waals surface area contributed by atoms with Crippen molar-refractivity contribution in [2.45, 2.75) is 23.6 Å². The number of carbonyl (C=O) groups excluding carboxylic acids is 1. The van der Waals surface area contributed by atoms with E-state index in [0.717, 1.165) is 22.5 Å². The van der Waals surface area contributed by atoms with E-state index in [4.69, 9.17) is 17.3 Å². The molecule has 0 atom stereocenters. The van der Waals surface area contributed by atoms with Crippen molar-refractivity contribution in [3.05, 3.63) is 99.4 Å². The maximum absolute atomic E-state index is 13.6. The number of rotatable bonds is 6. The Balaban J connectivity index is 1.89. The number of halogens is 1.